The third-order valence-corrected chi connectivity index (χ3v) is 5.12. The van der Waals surface area contributed by atoms with E-state index in [1.807, 2.05) is 6.92 Å². The maximum Gasteiger partial charge on any atom is 0.330 e. The molecule has 0 bridgehead atoms. The Balaban J connectivity index is 3.29. The average molecular weight is 340 g/mol. The first-order valence-electron chi connectivity index (χ1n) is 5.44. The molecule has 0 N–H and O–H groups in total. The van der Waals surface area contributed by atoms with Crippen molar-refractivity contribution in [2.75, 3.05) is 6.61 Å². The fourth-order valence-corrected chi connectivity index (χ4v) is 3.42. The molecular formula is C11H21IO2Si. The maximum absolute atomic E-state index is 10.9. The Labute approximate surface area is 107 Å². The highest BCUT2D eigenvalue weighted by Crippen LogP contribution is 2.20. The average Bonchev–Trinajstić information content (AvgIpc) is 2.09. The summed E-state index contributed by atoms with van der Waals surface area (Å²) in [6, 6.07) is 1.36. The van der Waals surface area contributed by atoms with Gasteiger partial charge in [-0.25, -0.2) is 4.79 Å². The summed E-state index contributed by atoms with van der Waals surface area (Å²) in [5.41, 5.74) is -0.901. The van der Waals surface area contributed by atoms with Crippen LogP contribution in [0.4, 0.5) is 0 Å². The van der Waals surface area contributed by atoms with Crippen molar-refractivity contribution >= 4 is 33.3 Å². The van der Waals surface area contributed by atoms with Gasteiger partial charge in [0.2, 0.25) is 0 Å². The number of allylic oxidation sites excluding steroid dienone is 1. The van der Waals surface area contributed by atoms with Crippen LogP contribution in [0.5, 0.6) is 0 Å². The summed E-state index contributed by atoms with van der Waals surface area (Å²) in [7, 11) is 0. The van der Waals surface area contributed by atoms with Gasteiger partial charge in [0.15, 0.2) is 0 Å². The van der Waals surface area contributed by atoms with Crippen LogP contribution in [0.15, 0.2) is 12.2 Å². The molecule has 0 aromatic heterocycles. The van der Waals surface area contributed by atoms with Crippen molar-refractivity contribution < 1.29 is 9.53 Å². The van der Waals surface area contributed by atoms with Crippen LogP contribution in [-0.4, -0.2) is 18.1 Å². The summed E-state index contributed by atoms with van der Waals surface area (Å²) in [5, 5.41) is 0. The molecule has 0 saturated heterocycles. The topological polar surface area (TPSA) is 26.3 Å². The smallest absolute Gasteiger partial charge is 0.330 e. The van der Waals surface area contributed by atoms with Gasteiger partial charge in [0, 0.05) is 6.08 Å². The van der Waals surface area contributed by atoms with Gasteiger partial charge in [-0.3, -0.25) is 0 Å². The van der Waals surface area contributed by atoms with Gasteiger partial charge in [0.1, 0.15) is 5.57 Å². The van der Waals surface area contributed by atoms with E-state index >= 15 is 0 Å². The minimum absolute atomic E-state index is 0.221. The number of carbonyl (C=O) groups excluding carboxylic acids is 1. The van der Waals surface area contributed by atoms with Crippen molar-refractivity contribution in [1.82, 2.24) is 0 Å². The van der Waals surface area contributed by atoms with E-state index in [0.717, 1.165) is 6.42 Å². The van der Waals surface area contributed by atoms with E-state index in [0.29, 0.717) is 6.61 Å². The van der Waals surface area contributed by atoms with Gasteiger partial charge in [-0.1, -0.05) is 32.0 Å². The van der Waals surface area contributed by atoms with Crippen LogP contribution in [-0.2, 0) is 9.53 Å². The van der Waals surface area contributed by atoms with E-state index in [1.54, 1.807) is 6.08 Å². The number of halogens is 1. The predicted octanol–water partition coefficient (Wildman–Crippen LogP) is 3.92. The van der Waals surface area contributed by atoms with Gasteiger partial charge >= 0.3 is 5.97 Å². The molecule has 0 aliphatic rings. The minimum atomic E-state index is -0.901. The Morgan fingerprint density at radius 3 is 2.53 bits per heavy atom. The molecule has 0 heterocycles. The minimum Gasteiger partial charge on any atom is -0.463 e. The second-order valence-corrected chi connectivity index (χ2v) is 16.9. The Hall–Kier alpha value is 0.157. The van der Waals surface area contributed by atoms with Crippen molar-refractivity contribution in [3.8, 4) is 0 Å². The number of unbranched alkanes of at least 4 members (excludes halogenated alkanes) is 2. The van der Waals surface area contributed by atoms with Crippen LogP contribution in [0.25, 0.3) is 0 Å². The number of hydrogen-bond donors (Lipinski definition) is 0. The van der Waals surface area contributed by atoms with E-state index in [1.165, 1.54) is 25.0 Å². The highest BCUT2D eigenvalue weighted by molar-refractivity contribution is 14.1. The fraction of sp³-hybridized carbons (Fsp3) is 0.727. The van der Waals surface area contributed by atoms with Crippen LogP contribution >= 0.6 is 21.8 Å². The Bertz CT molecular complexity index is 209. The van der Waals surface area contributed by atoms with Gasteiger partial charge in [-0.05, 0) is 19.4 Å². The molecule has 0 aromatic carbocycles. The largest absolute Gasteiger partial charge is 0.463 e. The highest BCUT2D eigenvalue weighted by atomic mass is 127. The lowest BCUT2D eigenvalue weighted by Gasteiger charge is -2.12. The third-order valence-electron chi connectivity index (χ3n) is 1.96. The normalized spacial score (nSPS) is 12.0. The van der Waals surface area contributed by atoms with E-state index in [-0.39, 0.29) is 5.97 Å². The summed E-state index contributed by atoms with van der Waals surface area (Å²) in [4.78, 5) is 10.9. The van der Waals surface area contributed by atoms with Gasteiger partial charge in [0.25, 0.3) is 0 Å². The molecule has 0 aliphatic heterocycles. The third kappa shape index (κ3) is 12.1. The molecule has 0 fully saturated rings. The molecule has 15 heavy (non-hydrogen) atoms. The first kappa shape index (κ1) is 15.2. The lowest BCUT2D eigenvalue weighted by atomic mass is 10.3. The molecule has 88 valence electrons. The molecule has 0 saturated carbocycles. The molecular weight excluding hydrogens is 319 g/mol. The Morgan fingerprint density at radius 1 is 1.33 bits per heavy atom. The molecule has 0 spiro atoms. The second-order valence-electron chi connectivity index (χ2n) is 4.20. The molecule has 0 aromatic rings. The molecule has 0 atom stereocenters. The molecule has 0 unspecified atom stereocenters. The highest BCUT2D eigenvalue weighted by Gasteiger charge is 2.14. The van der Waals surface area contributed by atoms with E-state index in [2.05, 4.69) is 34.9 Å². The first-order valence-corrected chi connectivity index (χ1v) is 11.8. The molecule has 0 aliphatic carbocycles. The zero-order chi connectivity index (χ0) is 11.7. The van der Waals surface area contributed by atoms with Crippen molar-refractivity contribution in [3.05, 3.63) is 12.2 Å². The predicted molar refractivity (Wildman–Crippen MR) is 75.9 cm³/mol. The van der Waals surface area contributed by atoms with Crippen LogP contribution in [0, 0.1) is 0 Å². The van der Waals surface area contributed by atoms with Crippen LogP contribution < -0.4 is 0 Å². The standard InChI is InChI=1S/C11H21IO2Si/c1-4-8-11(13)14-9-6-5-7-10-15(2,3)12/h4,8H,5-7,9-10H2,1-3H3. The lowest BCUT2D eigenvalue weighted by Crippen LogP contribution is -2.14. The number of ether oxygens (including phenoxy) is 1. The zero-order valence-electron chi connectivity index (χ0n) is 9.88. The lowest BCUT2D eigenvalue weighted by molar-refractivity contribution is -0.137. The van der Waals surface area contributed by atoms with Crippen molar-refractivity contribution in [2.45, 2.75) is 45.3 Å². The summed E-state index contributed by atoms with van der Waals surface area (Å²) in [6.45, 7) is 7.13. The monoisotopic (exact) mass is 340 g/mol. The SMILES string of the molecule is CC=CC(=O)OCCCCC[Si](C)(C)I. The van der Waals surface area contributed by atoms with Crippen molar-refractivity contribution in [2.24, 2.45) is 0 Å². The van der Waals surface area contributed by atoms with Gasteiger partial charge < -0.3 is 4.74 Å². The van der Waals surface area contributed by atoms with Crippen molar-refractivity contribution in [1.29, 1.82) is 0 Å². The van der Waals surface area contributed by atoms with E-state index < -0.39 is 5.57 Å². The van der Waals surface area contributed by atoms with Crippen LogP contribution in [0.3, 0.4) is 0 Å². The molecule has 4 heteroatoms. The second kappa shape index (κ2) is 8.33. The first-order chi connectivity index (χ1) is 6.95. The molecule has 0 amide bonds. The fourth-order valence-electron chi connectivity index (χ4n) is 1.18. The summed E-state index contributed by atoms with van der Waals surface area (Å²) >= 11 is 2.60. The maximum atomic E-state index is 10.9. The summed E-state index contributed by atoms with van der Waals surface area (Å²) < 4.78 is 5.00. The zero-order valence-corrected chi connectivity index (χ0v) is 13.0. The summed E-state index contributed by atoms with van der Waals surface area (Å²) in [5.74, 6) is -0.221. The number of esters is 1. The van der Waals surface area contributed by atoms with Gasteiger partial charge in [-0.2, -0.15) is 0 Å². The Morgan fingerprint density at radius 2 is 2.00 bits per heavy atom. The molecule has 2 nitrogen and oxygen atoms in total. The van der Waals surface area contributed by atoms with Crippen LogP contribution in [0.2, 0.25) is 19.1 Å². The van der Waals surface area contributed by atoms with Crippen molar-refractivity contribution in [3.63, 3.8) is 0 Å². The molecule has 0 radical (unpaired) electrons. The van der Waals surface area contributed by atoms with E-state index in [9.17, 15) is 4.79 Å². The van der Waals surface area contributed by atoms with Gasteiger partial charge in [0.05, 0.1) is 6.61 Å². The Kier molecular flexibility index (Phi) is 8.41. The number of rotatable bonds is 7. The number of hydrogen-bond acceptors (Lipinski definition) is 2. The van der Waals surface area contributed by atoms with E-state index in [4.69, 9.17) is 4.74 Å². The van der Waals surface area contributed by atoms with Gasteiger partial charge in [-0.15, -0.1) is 21.8 Å². The number of carbonyl (C=O) groups is 1. The van der Waals surface area contributed by atoms with Crippen LogP contribution in [0.1, 0.15) is 26.2 Å². The quantitative estimate of drug-likeness (QED) is 0.175. The molecule has 0 rings (SSSR count). The summed E-state index contributed by atoms with van der Waals surface area (Å²) in [6.07, 6.45) is 6.59.